The van der Waals surface area contributed by atoms with Crippen molar-refractivity contribution in [2.75, 3.05) is 6.61 Å². The lowest BCUT2D eigenvalue weighted by Gasteiger charge is -2.22. The van der Waals surface area contributed by atoms with E-state index in [1.807, 2.05) is 12.2 Å². The Morgan fingerprint density at radius 1 is 1.35 bits per heavy atom. The number of esters is 1. The third-order valence-electron chi connectivity index (χ3n) is 3.39. The van der Waals surface area contributed by atoms with Crippen molar-refractivity contribution in [2.24, 2.45) is 23.7 Å². The Balaban J connectivity index is 2.08. The predicted octanol–water partition coefficient (Wildman–Crippen LogP) is 1.80. The van der Waals surface area contributed by atoms with Crippen molar-refractivity contribution in [3.05, 3.63) is 23.8 Å². The summed E-state index contributed by atoms with van der Waals surface area (Å²) in [5.74, 6) is -2.74. The Hall–Kier alpha value is -1.29. The molecule has 0 spiro atoms. The first-order chi connectivity index (χ1) is 8.00. The number of carboxylic acids is 1. The van der Waals surface area contributed by atoms with E-state index in [9.17, 15) is 9.59 Å². The van der Waals surface area contributed by atoms with Crippen LogP contribution in [0.4, 0.5) is 0 Å². The Bertz CT molecular complexity index is 401. The van der Waals surface area contributed by atoms with E-state index in [-0.39, 0.29) is 23.5 Å². The van der Waals surface area contributed by atoms with E-state index in [1.54, 1.807) is 0 Å². The van der Waals surface area contributed by atoms with Crippen molar-refractivity contribution in [3.8, 4) is 0 Å². The highest BCUT2D eigenvalue weighted by Gasteiger charge is 2.52. The zero-order chi connectivity index (χ0) is 12.6. The van der Waals surface area contributed by atoms with Crippen LogP contribution in [0.15, 0.2) is 23.8 Å². The number of allylic oxidation sites excluding steroid dienone is 2. The highest BCUT2D eigenvalue weighted by atomic mass is 35.5. The number of fused-ring (bicyclic) bond motifs is 2. The number of aliphatic carboxylic acids is 1. The summed E-state index contributed by atoms with van der Waals surface area (Å²) >= 11 is 5.50. The van der Waals surface area contributed by atoms with Crippen molar-refractivity contribution in [1.82, 2.24) is 0 Å². The molecule has 0 saturated heterocycles. The van der Waals surface area contributed by atoms with Gasteiger partial charge in [0.25, 0.3) is 0 Å². The number of halogens is 1. The van der Waals surface area contributed by atoms with Crippen LogP contribution >= 0.6 is 11.6 Å². The van der Waals surface area contributed by atoms with Gasteiger partial charge in [0.05, 0.1) is 11.8 Å². The smallest absolute Gasteiger partial charge is 0.310 e. The van der Waals surface area contributed by atoms with E-state index >= 15 is 0 Å². The van der Waals surface area contributed by atoms with Crippen molar-refractivity contribution in [2.45, 2.75) is 6.42 Å². The molecule has 1 saturated carbocycles. The number of rotatable bonds is 4. The summed E-state index contributed by atoms with van der Waals surface area (Å²) < 4.78 is 4.95. The fourth-order valence-corrected chi connectivity index (χ4v) is 2.78. The minimum Gasteiger partial charge on any atom is -0.481 e. The molecule has 4 atom stereocenters. The van der Waals surface area contributed by atoms with Crippen LogP contribution in [-0.2, 0) is 14.3 Å². The monoisotopic (exact) mass is 256 g/mol. The fraction of sp³-hybridized carbons (Fsp3) is 0.500. The van der Waals surface area contributed by atoms with Gasteiger partial charge >= 0.3 is 11.9 Å². The van der Waals surface area contributed by atoms with Crippen LogP contribution in [0.5, 0.6) is 0 Å². The summed E-state index contributed by atoms with van der Waals surface area (Å²) in [6.45, 7) is 3.35. The molecule has 0 aromatic heterocycles. The fourth-order valence-electron chi connectivity index (χ4n) is 2.73. The van der Waals surface area contributed by atoms with E-state index in [2.05, 4.69) is 6.58 Å². The van der Waals surface area contributed by atoms with Gasteiger partial charge in [-0.3, -0.25) is 9.59 Å². The second kappa shape index (κ2) is 4.53. The summed E-state index contributed by atoms with van der Waals surface area (Å²) in [5, 5.41) is 9.37. The third-order valence-corrected chi connectivity index (χ3v) is 3.50. The first-order valence-electron chi connectivity index (χ1n) is 5.41. The zero-order valence-corrected chi connectivity index (χ0v) is 9.89. The van der Waals surface area contributed by atoms with Gasteiger partial charge in [-0.25, -0.2) is 0 Å². The second-order valence-electron chi connectivity index (χ2n) is 4.46. The van der Waals surface area contributed by atoms with E-state index in [0.29, 0.717) is 0 Å². The number of carbonyl (C=O) groups is 2. The molecule has 92 valence electrons. The summed E-state index contributed by atoms with van der Waals surface area (Å²) in [4.78, 5) is 23.0. The van der Waals surface area contributed by atoms with Crippen molar-refractivity contribution in [1.29, 1.82) is 0 Å². The van der Waals surface area contributed by atoms with Crippen LogP contribution in [0.25, 0.3) is 0 Å². The molecular formula is C12H13ClO4. The van der Waals surface area contributed by atoms with Gasteiger partial charge in [-0.05, 0) is 18.3 Å². The molecule has 0 amide bonds. The van der Waals surface area contributed by atoms with Gasteiger partial charge in [-0.2, -0.15) is 0 Å². The van der Waals surface area contributed by atoms with E-state index in [4.69, 9.17) is 21.4 Å². The number of hydrogen-bond donors (Lipinski definition) is 1. The highest BCUT2D eigenvalue weighted by molar-refractivity contribution is 6.29. The average molecular weight is 257 g/mol. The molecule has 4 nitrogen and oxygen atoms in total. The van der Waals surface area contributed by atoms with E-state index < -0.39 is 23.8 Å². The van der Waals surface area contributed by atoms with Crippen LogP contribution in [-0.4, -0.2) is 23.7 Å². The lowest BCUT2D eigenvalue weighted by molar-refractivity contribution is -0.157. The van der Waals surface area contributed by atoms with Crippen LogP contribution in [0, 0.1) is 23.7 Å². The maximum atomic E-state index is 11.8. The number of ether oxygens (including phenoxy) is 1. The Morgan fingerprint density at radius 2 is 1.94 bits per heavy atom. The van der Waals surface area contributed by atoms with Gasteiger partial charge in [-0.15, -0.1) is 0 Å². The van der Waals surface area contributed by atoms with Crippen LogP contribution in [0.3, 0.4) is 0 Å². The highest BCUT2D eigenvalue weighted by Crippen LogP contribution is 2.48. The summed E-state index contributed by atoms with van der Waals surface area (Å²) in [6, 6.07) is 0. The molecule has 2 rings (SSSR count). The van der Waals surface area contributed by atoms with Crippen molar-refractivity contribution in [3.63, 3.8) is 0 Å². The summed E-state index contributed by atoms with van der Waals surface area (Å²) in [5.41, 5.74) is 0. The number of hydrogen-bond acceptors (Lipinski definition) is 3. The van der Waals surface area contributed by atoms with E-state index in [0.717, 1.165) is 6.42 Å². The molecule has 1 N–H and O–H groups in total. The Morgan fingerprint density at radius 3 is 2.47 bits per heavy atom. The summed E-state index contributed by atoms with van der Waals surface area (Å²) in [6.07, 6.45) is 4.51. The molecule has 0 aromatic carbocycles. The minimum absolute atomic E-state index is 0.0165. The Kier molecular flexibility index (Phi) is 3.24. The van der Waals surface area contributed by atoms with Crippen molar-refractivity contribution >= 4 is 23.5 Å². The molecule has 0 aromatic rings. The predicted molar refractivity (Wildman–Crippen MR) is 61.3 cm³/mol. The largest absolute Gasteiger partial charge is 0.481 e. The normalized spacial score (nSPS) is 33.7. The third kappa shape index (κ3) is 2.22. The molecule has 1 fully saturated rings. The molecule has 2 aliphatic carbocycles. The molecule has 0 radical (unpaired) electrons. The minimum atomic E-state index is -0.937. The van der Waals surface area contributed by atoms with Gasteiger partial charge in [0.2, 0.25) is 0 Å². The molecule has 17 heavy (non-hydrogen) atoms. The second-order valence-corrected chi connectivity index (χ2v) is 5.00. The molecule has 0 unspecified atom stereocenters. The van der Waals surface area contributed by atoms with Crippen LogP contribution in [0.1, 0.15) is 6.42 Å². The standard InChI is InChI=1S/C12H13ClO4/c1-6(13)5-17-12(16)10-8-3-2-7(4-8)9(10)11(14)15/h2-3,7-10H,1,4-5H2,(H,14,15)/t7-,8+,9+,10+/m1/s1. The molecule has 5 heteroatoms. The molecular weight excluding hydrogens is 244 g/mol. The topological polar surface area (TPSA) is 63.6 Å². The van der Waals surface area contributed by atoms with Gasteiger partial charge in [0.15, 0.2) is 0 Å². The lowest BCUT2D eigenvalue weighted by atomic mass is 9.83. The molecule has 0 heterocycles. The average Bonchev–Trinajstić information content (AvgIpc) is 2.84. The first-order valence-corrected chi connectivity index (χ1v) is 5.79. The SMILES string of the molecule is C=C(Cl)COC(=O)[C@@H]1[C@@H](C(=O)O)[C@@H]2C=C[C@H]1C2. The first kappa shape index (κ1) is 12.2. The van der Waals surface area contributed by atoms with Crippen LogP contribution in [0.2, 0.25) is 0 Å². The molecule has 0 aliphatic heterocycles. The van der Waals surface area contributed by atoms with E-state index in [1.165, 1.54) is 0 Å². The Labute approximate surface area is 104 Å². The van der Waals surface area contributed by atoms with Crippen LogP contribution < -0.4 is 0 Å². The number of carboxylic acid groups (broad SMARTS) is 1. The van der Waals surface area contributed by atoms with Gasteiger partial charge < -0.3 is 9.84 Å². The summed E-state index contributed by atoms with van der Waals surface area (Å²) in [7, 11) is 0. The lowest BCUT2D eigenvalue weighted by Crippen LogP contribution is -2.34. The quantitative estimate of drug-likeness (QED) is 0.615. The van der Waals surface area contributed by atoms with Crippen molar-refractivity contribution < 1.29 is 19.4 Å². The maximum Gasteiger partial charge on any atom is 0.310 e. The van der Waals surface area contributed by atoms with Gasteiger partial charge in [0.1, 0.15) is 6.61 Å². The number of carbonyl (C=O) groups excluding carboxylic acids is 1. The van der Waals surface area contributed by atoms with Gasteiger partial charge in [-0.1, -0.05) is 30.3 Å². The maximum absolute atomic E-state index is 11.8. The van der Waals surface area contributed by atoms with Gasteiger partial charge in [0, 0.05) is 5.03 Å². The molecule has 2 aliphatic rings. The molecule has 2 bridgehead atoms. The zero-order valence-electron chi connectivity index (χ0n) is 9.14.